The molecule has 0 saturated heterocycles. The minimum Gasteiger partial charge on any atom is -0.493 e. The number of benzene rings is 2. The summed E-state index contributed by atoms with van der Waals surface area (Å²) >= 11 is 5.66. The van der Waals surface area contributed by atoms with Crippen LogP contribution in [0.1, 0.15) is 51.8 Å². The number of amides is 1. The quantitative estimate of drug-likeness (QED) is 0.223. The number of ether oxygens (including phenoxy) is 5. The van der Waals surface area contributed by atoms with Gasteiger partial charge >= 0.3 is 5.97 Å². The van der Waals surface area contributed by atoms with E-state index in [1.807, 2.05) is 19.9 Å². The second kappa shape index (κ2) is 13.8. The lowest BCUT2D eigenvalue weighted by Crippen LogP contribution is -2.51. The van der Waals surface area contributed by atoms with Gasteiger partial charge in [-0.3, -0.25) is 9.69 Å². The van der Waals surface area contributed by atoms with Crippen LogP contribution in [-0.4, -0.2) is 55.9 Å². The van der Waals surface area contributed by atoms with E-state index >= 15 is 0 Å². The smallest absolute Gasteiger partial charge is 0.338 e. The van der Waals surface area contributed by atoms with Crippen molar-refractivity contribution in [1.29, 1.82) is 0 Å². The van der Waals surface area contributed by atoms with E-state index in [1.54, 1.807) is 71.4 Å². The lowest BCUT2D eigenvalue weighted by Gasteiger charge is -2.38. The fourth-order valence-corrected chi connectivity index (χ4v) is 4.76. The summed E-state index contributed by atoms with van der Waals surface area (Å²) in [6.07, 6.45) is 1.73. The number of nitrogens with zero attached hydrogens (tertiary/aromatic N) is 1. The van der Waals surface area contributed by atoms with E-state index in [4.69, 9.17) is 35.9 Å². The van der Waals surface area contributed by atoms with Gasteiger partial charge < -0.3 is 29.0 Å². The summed E-state index contributed by atoms with van der Waals surface area (Å²) in [7, 11) is 3.10. The number of allylic oxidation sites excluding steroid dienone is 1. The van der Waals surface area contributed by atoms with Gasteiger partial charge in [-0.25, -0.2) is 4.79 Å². The molecular weight excluding hydrogens is 532 g/mol. The molecule has 40 heavy (non-hydrogen) atoms. The molecule has 0 fully saturated rings. The van der Waals surface area contributed by atoms with Crippen molar-refractivity contribution < 1.29 is 33.3 Å². The van der Waals surface area contributed by atoms with Gasteiger partial charge in [0.1, 0.15) is 0 Å². The lowest BCUT2D eigenvalue weighted by atomic mass is 9.92. The molecule has 2 aromatic carbocycles. The zero-order chi connectivity index (χ0) is 29.4. The van der Waals surface area contributed by atoms with Gasteiger partial charge in [-0.15, -0.1) is 0 Å². The Kier molecular flexibility index (Phi) is 10.6. The summed E-state index contributed by atoms with van der Waals surface area (Å²) in [5, 5.41) is 3.18. The Labute approximate surface area is 240 Å². The van der Waals surface area contributed by atoms with Crippen LogP contribution in [0.15, 0.2) is 53.2 Å². The second-order valence-corrected chi connectivity index (χ2v) is 9.17. The van der Waals surface area contributed by atoms with Crippen LogP contribution in [0.25, 0.3) is 6.08 Å². The highest BCUT2D eigenvalue weighted by Crippen LogP contribution is 2.39. The average molecular weight is 569 g/mol. The molecule has 1 amide bonds. The highest BCUT2D eigenvalue weighted by atomic mass is 32.1. The van der Waals surface area contributed by atoms with E-state index in [2.05, 4.69) is 5.32 Å². The summed E-state index contributed by atoms with van der Waals surface area (Å²) < 4.78 is 27.7. The van der Waals surface area contributed by atoms with Crippen LogP contribution >= 0.6 is 12.2 Å². The number of esters is 1. The van der Waals surface area contributed by atoms with Gasteiger partial charge in [0.15, 0.2) is 28.1 Å². The monoisotopic (exact) mass is 568 g/mol. The van der Waals surface area contributed by atoms with Crippen LogP contribution in [-0.2, 0) is 14.3 Å². The zero-order valence-electron chi connectivity index (χ0n) is 24.0. The number of thiocarbonyl (C=S) groups is 1. The van der Waals surface area contributed by atoms with Crippen molar-refractivity contribution in [1.82, 2.24) is 10.2 Å². The molecule has 1 atom stereocenters. The minimum absolute atomic E-state index is 0.160. The van der Waals surface area contributed by atoms with Gasteiger partial charge in [0.25, 0.3) is 5.91 Å². The summed E-state index contributed by atoms with van der Waals surface area (Å²) in [5.41, 5.74) is 2.51. The standard InChI is InChI=1S/C30H36N2O7S/c1-8-37-23-14-12-21(17-25(23)38-9-2)27-26(29(34)39-10-3)19(5)31-30(40)32(27)28(33)18(4)15-20-11-13-22(35-6)24(16-20)36-7/h11-17,27H,8-10H2,1-7H3,(H,31,40)/b18-15+. The Bertz CT molecular complexity index is 1340. The van der Waals surface area contributed by atoms with Gasteiger partial charge in [-0.1, -0.05) is 12.1 Å². The predicted octanol–water partition coefficient (Wildman–Crippen LogP) is 5.20. The van der Waals surface area contributed by atoms with Crippen LogP contribution in [0, 0.1) is 0 Å². The fraction of sp³-hybridized carbons (Fsp3) is 0.367. The number of hydrogen-bond acceptors (Lipinski definition) is 8. The SMILES string of the molecule is CCOC(=O)C1=C(C)NC(=S)N(C(=O)/C(C)=C/c2ccc(OC)c(OC)c2)C1c1ccc(OCC)c(OCC)c1. The first-order valence-corrected chi connectivity index (χ1v) is 13.4. The average Bonchev–Trinajstić information content (AvgIpc) is 2.93. The molecule has 1 aliphatic rings. The molecule has 0 saturated carbocycles. The molecule has 1 heterocycles. The van der Waals surface area contributed by atoms with Gasteiger partial charge in [-0.05, 0) is 88.3 Å². The lowest BCUT2D eigenvalue weighted by molar-refractivity contribution is -0.139. The second-order valence-electron chi connectivity index (χ2n) is 8.78. The first kappa shape index (κ1) is 30.5. The maximum atomic E-state index is 14.0. The molecule has 1 unspecified atom stereocenters. The largest absolute Gasteiger partial charge is 0.493 e. The molecule has 214 valence electrons. The number of nitrogens with one attached hydrogen (secondary N) is 1. The molecular formula is C30H36N2O7S. The summed E-state index contributed by atoms with van der Waals surface area (Å²) in [6.45, 7) is 9.94. The molecule has 0 spiro atoms. The highest BCUT2D eigenvalue weighted by Gasteiger charge is 2.40. The van der Waals surface area contributed by atoms with Crippen molar-refractivity contribution in [3.63, 3.8) is 0 Å². The Hall–Kier alpha value is -4.05. The number of carbonyl (C=O) groups is 2. The molecule has 3 rings (SSSR count). The molecule has 2 aromatic rings. The van der Waals surface area contributed by atoms with Crippen LogP contribution in [0.3, 0.4) is 0 Å². The third kappa shape index (κ3) is 6.56. The highest BCUT2D eigenvalue weighted by molar-refractivity contribution is 7.80. The summed E-state index contributed by atoms with van der Waals surface area (Å²) in [5.74, 6) is 1.23. The van der Waals surface area contributed by atoms with Crippen LogP contribution < -0.4 is 24.3 Å². The van der Waals surface area contributed by atoms with E-state index in [9.17, 15) is 9.59 Å². The van der Waals surface area contributed by atoms with Crippen molar-refractivity contribution in [3.05, 3.63) is 64.4 Å². The molecule has 10 heteroatoms. The molecule has 0 bridgehead atoms. The Morgan fingerprint density at radius 2 is 1.57 bits per heavy atom. The van der Waals surface area contributed by atoms with E-state index in [1.165, 1.54) is 4.90 Å². The van der Waals surface area contributed by atoms with Gasteiger partial charge in [0.05, 0.1) is 45.7 Å². The van der Waals surface area contributed by atoms with Crippen molar-refractivity contribution in [3.8, 4) is 23.0 Å². The first-order chi connectivity index (χ1) is 19.2. The molecule has 9 nitrogen and oxygen atoms in total. The zero-order valence-corrected chi connectivity index (χ0v) is 24.8. The van der Waals surface area contributed by atoms with Gasteiger partial charge in [-0.2, -0.15) is 0 Å². The first-order valence-electron chi connectivity index (χ1n) is 13.0. The molecule has 0 aliphatic carbocycles. The normalized spacial score (nSPS) is 15.4. The number of hydrogen-bond donors (Lipinski definition) is 1. The Morgan fingerprint density at radius 3 is 2.20 bits per heavy atom. The third-order valence-electron chi connectivity index (χ3n) is 6.17. The summed E-state index contributed by atoms with van der Waals surface area (Å²) in [4.78, 5) is 28.7. The summed E-state index contributed by atoms with van der Waals surface area (Å²) in [6, 6.07) is 9.82. The number of rotatable bonds is 11. The number of methoxy groups -OCH3 is 2. The van der Waals surface area contributed by atoms with E-state index in [-0.39, 0.29) is 17.3 Å². The van der Waals surface area contributed by atoms with E-state index < -0.39 is 17.9 Å². The van der Waals surface area contributed by atoms with Crippen LogP contribution in [0.2, 0.25) is 0 Å². The Morgan fingerprint density at radius 1 is 0.925 bits per heavy atom. The third-order valence-corrected chi connectivity index (χ3v) is 6.47. The van der Waals surface area contributed by atoms with Crippen LogP contribution in [0.4, 0.5) is 0 Å². The van der Waals surface area contributed by atoms with Crippen molar-refractivity contribution in [2.24, 2.45) is 0 Å². The number of carbonyl (C=O) groups excluding carboxylic acids is 2. The molecule has 1 aliphatic heterocycles. The molecule has 0 aromatic heterocycles. The maximum absolute atomic E-state index is 14.0. The van der Waals surface area contributed by atoms with E-state index in [0.717, 1.165) is 5.56 Å². The van der Waals surface area contributed by atoms with Crippen molar-refractivity contribution >= 4 is 35.3 Å². The van der Waals surface area contributed by atoms with Gasteiger partial charge in [0.2, 0.25) is 0 Å². The van der Waals surface area contributed by atoms with Crippen molar-refractivity contribution in [2.45, 2.75) is 40.7 Å². The maximum Gasteiger partial charge on any atom is 0.338 e. The van der Waals surface area contributed by atoms with E-state index in [0.29, 0.717) is 53.0 Å². The minimum atomic E-state index is -0.871. The Balaban J connectivity index is 2.15. The fourth-order valence-electron chi connectivity index (χ4n) is 4.42. The topological polar surface area (TPSA) is 95.6 Å². The predicted molar refractivity (Wildman–Crippen MR) is 157 cm³/mol. The van der Waals surface area contributed by atoms with Gasteiger partial charge in [0, 0.05) is 11.3 Å². The van der Waals surface area contributed by atoms with Crippen LogP contribution in [0.5, 0.6) is 23.0 Å². The molecule has 0 radical (unpaired) electrons. The molecule has 1 N–H and O–H groups in total. The van der Waals surface area contributed by atoms with Crippen molar-refractivity contribution in [2.75, 3.05) is 34.0 Å².